The quantitative estimate of drug-likeness (QED) is 0.842. The number of rotatable bonds is 5. The molecule has 0 radical (unpaired) electrons. The Labute approximate surface area is 115 Å². The van der Waals surface area contributed by atoms with Gasteiger partial charge in [0, 0.05) is 22.2 Å². The summed E-state index contributed by atoms with van der Waals surface area (Å²) in [6.45, 7) is 5.16. The standard InChI is InChI=1S/C13H16ClNS2/c1-3-15-11(7-10-5-4-6-16-10)13-12(14)9(2)8-17-13/h4-6,8,11,15H,3,7H2,1-2H3. The van der Waals surface area contributed by atoms with E-state index in [9.17, 15) is 0 Å². The predicted octanol–water partition coefficient (Wildman–Crippen LogP) is 4.66. The minimum atomic E-state index is 0.338. The van der Waals surface area contributed by atoms with Gasteiger partial charge in [0.25, 0.3) is 0 Å². The molecule has 1 unspecified atom stereocenters. The first-order valence-electron chi connectivity index (χ1n) is 5.71. The zero-order valence-corrected chi connectivity index (χ0v) is 12.4. The number of halogens is 1. The van der Waals surface area contributed by atoms with E-state index < -0.39 is 0 Å². The molecular weight excluding hydrogens is 270 g/mol. The first-order chi connectivity index (χ1) is 8.22. The van der Waals surface area contributed by atoms with Gasteiger partial charge < -0.3 is 5.32 Å². The molecule has 1 nitrogen and oxygen atoms in total. The molecule has 4 heteroatoms. The van der Waals surface area contributed by atoms with Gasteiger partial charge in [0.05, 0.1) is 5.02 Å². The zero-order valence-electron chi connectivity index (χ0n) is 10.00. The normalized spacial score (nSPS) is 12.9. The lowest BCUT2D eigenvalue weighted by molar-refractivity contribution is 0.562. The van der Waals surface area contributed by atoms with E-state index in [1.807, 2.05) is 0 Å². The van der Waals surface area contributed by atoms with Gasteiger partial charge >= 0.3 is 0 Å². The fraction of sp³-hybridized carbons (Fsp3) is 0.385. The van der Waals surface area contributed by atoms with Crippen molar-refractivity contribution in [3.63, 3.8) is 0 Å². The molecule has 1 N–H and O–H groups in total. The van der Waals surface area contributed by atoms with Gasteiger partial charge in [-0.2, -0.15) is 0 Å². The molecule has 1 atom stereocenters. The Morgan fingerprint density at radius 2 is 2.24 bits per heavy atom. The highest BCUT2D eigenvalue weighted by molar-refractivity contribution is 7.11. The Kier molecular flexibility index (Phi) is 4.62. The van der Waals surface area contributed by atoms with E-state index in [1.165, 1.54) is 15.3 Å². The molecule has 0 saturated carbocycles. The second-order valence-corrected chi connectivity index (χ2v) is 6.31. The lowest BCUT2D eigenvalue weighted by Crippen LogP contribution is -2.22. The first kappa shape index (κ1) is 13.1. The Hall–Kier alpha value is -0.350. The van der Waals surface area contributed by atoms with Crippen LogP contribution in [0.15, 0.2) is 22.9 Å². The maximum absolute atomic E-state index is 6.35. The van der Waals surface area contributed by atoms with Crippen LogP contribution >= 0.6 is 34.3 Å². The molecule has 2 rings (SSSR count). The highest BCUT2D eigenvalue weighted by Crippen LogP contribution is 2.34. The smallest absolute Gasteiger partial charge is 0.0590 e. The minimum absolute atomic E-state index is 0.338. The van der Waals surface area contributed by atoms with Gasteiger partial charge in [-0.3, -0.25) is 0 Å². The summed E-state index contributed by atoms with van der Waals surface area (Å²) in [5.74, 6) is 0. The van der Waals surface area contributed by atoms with E-state index in [1.54, 1.807) is 22.7 Å². The number of nitrogens with one attached hydrogen (secondary N) is 1. The van der Waals surface area contributed by atoms with Crippen LogP contribution in [0.5, 0.6) is 0 Å². The van der Waals surface area contributed by atoms with E-state index in [0.717, 1.165) is 18.0 Å². The molecule has 0 spiro atoms. The second-order valence-electron chi connectivity index (χ2n) is 3.99. The van der Waals surface area contributed by atoms with Gasteiger partial charge in [0.2, 0.25) is 0 Å². The highest BCUT2D eigenvalue weighted by atomic mass is 35.5. The van der Waals surface area contributed by atoms with Crippen molar-refractivity contribution >= 4 is 34.3 Å². The van der Waals surface area contributed by atoms with Crippen LogP contribution in [0.1, 0.15) is 28.3 Å². The average molecular weight is 286 g/mol. The number of likely N-dealkylation sites (N-methyl/N-ethyl adjacent to an activating group) is 1. The third-order valence-electron chi connectivity index (χ3n) is 2.68. The number of hydrogen-bond acceptors (Lipinski definition) is 3. The van der Waals surface area contributed by atoms with Crippen molar-refractivity contribution in [1.29, 1.82) is 0 Å². The molecule has 0 bridgehead atoms. The monoisotopic (exact) mass is 285 g/mol. The Morgan fingerprint density at radius 3 is 2.76 bits per heavy atom. The predicted molar refractivity (Wildman–Crippen MR) is 78.5 cm³/mol. The van der Waals surface area contributed by atoms with Gasteiger partial charge in [-0.15, -0.1) is 22.7 Å². The van der Waals surface area contributed by atoms with Crippen molar-refractivity contribution in [3.05, 3.63) is 43.2 Å². The van der Waals surface area contributed by atoms with E-state index in [0.29, 0.717) is 6.04 Å². The molecule has 2 aromatic heterocycles. The SMILES string of the molecule is CCNC(Cc1cccs1)c1scc(C)c1Cl. The van der Waals surface area contributed by atoms with E-state index in [2.05, 4.69) is 42.1 Å². The van der Waals surface area contributed by atoms with Gasteiger partial charge in [0.15, 0.2) is 0 Å². The van der Waals surface area contributed by atoms with E-state index in [-0.39, 0.29) is 0 Å². The van der Waals surface area contributed by atoms with Crippen LogP contribution in [0.4, 0.5) is 0 Å². The molecule has 0 fully saturated rings. The van der Waals surface area contributed by atoms with Gasteiger partial charge in [0.1, 0.15) is 0 Å². The van der Waals surface area contributed by atoms with Crippen LogP contribution in [-0.2, 0) is 6.42 Å². The molecule has 92 valence electrons. The Balaban J connectivity index is 2.20. The van der Waals surface area contributed by atoms with Crippen LogP contribution in [0.25, 0.3) is 0 Å². The van der Waals surface area contributed by atoms with Crippen molar-refractivity contribution in [2.45, 2.75) is 26.3 Å². The van der Waals surface area contributed by atoms with Crippen molar-refractivity contribution in [1.82, 2.24) is 5.32 Å². The van der Waals surface area contributed by atoms with Gasteiger partial charge in [-0.25, -0.2) is 0 Å². The highest BCUT2D eigenvalue weighted by Gasteiger charge is 2.17. The third-order valence-corrected chi connectivity index (χ3v) is 5.40. The number of thiophene rings is 2. The molecule has 2 aromatic rings. The Bertz CT molecular complexity index is 462. The zero-order chi connectivity index (χ0) is 12.3. The molecule has 0 aliphatic rings. The second kappa shape index (κ2) is 6.01. The fourth-order valence-electron chi connectivity index (χ4n) is 1.82. The van der Waals surface area contributed by atoms with Crippen LogP contribution in [-0.4, -0.2) is 6.54 Å². The summed E-state index contributed by atoms with van der Waals surface area (Å²) >= 11 is 9.92. The molecule has 0 saturated heterocycles. The summed E-state index contributed by atoms with van der Waals surface area (Å²) in [7, 11) is 0. The lowest BCUT2D eigenvalue weighted by Gasteiger charge is -2.16. The molecule has 0 aliphatic carbocycles. The number of aryl methyl sites for hydroxylation is 1. The lowest BCUT2D eigenvalue weighted by atomic mass is 10.1. The topological polar surface area (TPSA) is 12.0 Å². The molecule has 17 heavy (non-hydrogen) atoms. The molecule has 0 aliphatic heterocycles. The average Bonchev–Trinajstić information content (AvgIpc) is 2.91. The minimum Gasteiger partial charge on any atom is -0.309 e. The summed E-state index contributed by atoms with van der Waals surface area (Å²) < 4.78 is 0. The molecule has 2 heterocycles. The van der Waals surface area contributed by atoms with Crippen molar-refractivity contribution in [2.75, 3.05) is 6.54 Å². The van der Waals surface area contributed by atoms with Crippen molar-refractivity contribution in [2.24, 2.45) is 0 Å². The van der Waals surface area contributed by atoms with Crippen LogP contribution in [0.2, 0.25) is 5.02 Å². The van der Waals surface area contributed by atoms with Crippen molar-refractivity contribution in [3.8, 4) is 0 Å². The molecule has 0 aromatic carbocycles. The van der Waals surface area contributed by atoms with Crippen LogP contribution in [0, 0.1) is 6.92 Å². The Morgan fingerprint density at radius 1 is 1.41 bits per heavy atom. The maximum atomic E-state index is 6.35. The third kappa shape index (κ3) is 3.10. The van der Waals surface area contributed by atoms with Gasteiger partial charge in [-0.05, 0) is 35.9 Å². The van der Waals surface area contributed by atoms with E-state index in [4.69, 9.17) is 11.6 Å². The van der Waals surface area contributed by atoms with Crippen LogP contribution in [0.3, 0.4) is 0 Å². The number of hydrogen-bond donors (Lipinski definition) is 1. The first-order valence-corrected chi connectivity index (χ1v) is 7.85. The van der Waals surface area contributed by atoms with Crippen molar-refractivity contribution < 1.29 is 0 Å². The maximum Gasteiger partial charge on any atom is 0.0590 e. The fourth-order valence-corrected chi connectivity index (χ4v) is 3.97. The summed E-state index contributed by atoms with van der Waals surface area (Å²) in [5, 5.41) is 8.71. The van der Waals surface area contributed by atoms with Gasteiger partial charge in [-0.1, -0.05) is 24.6 Å². The summed E-state index contributed by atoms with van der Waals surface area (Å²) in [4.78, 5) is 2.66. The largest absolute Gasteiger partial charge is 0.309 e. The molecule has 0 amide bonds. The summed E-state index contributed by atoms with van der Waals surface area (Å²) in [5.41, 5.74) is 1.18. The van der Waals surface area contributed by atoms with E-state index >= 15 is 0 Å². The molecular formula is C13H16ClNS2. The van der Waals surface area contributed by atoms with Crippen LogP contribution < -0.4 is 5.32 Å². The summed E-state index contributed by atoms with van der Waals surface area (Å²) in [6, 6.07) is 4.62. The summed E-state index contributed by atoms with van der Waals surface area (Å²) in [6.07, 6.45) is 1.02.